The fraction of sp³-hybridized carbons (Fsp3) is 0.727. The highest BCUT2D eigenvalue weighted by molar-refractivity contribution is 5.17. The van der Waals surface area contributed by atoms with Gasteiger partial charge < -0.3 is 9.47 Å². The van der Waals surface area contributed by atoms with Gasteiger partial charge >= 0.3 is 0 Å². The Bertz CT molecular complexity index is 485. The molecule has 2 fully saturated rings. The molecule has 0 spiro atoms. The van der Waals surface area contributed by atoms with Crippen molar-refractivity contribution in [3.8, 4) is 0 Å². The van der Waals surface area contributed by atoms with Crippen LogP contribution in [0.25, 0.3) is 0 Å². The molecule has 1 aliphatic heterocycles. The monoisotopic (exact) mass is 348 g/mol. The quantitative estimate of drug-likeness (QED) is 0.541. The van der Waals surface area contributed by atoms with E-state index in [0.29, 0.717) is 5.92 Å². The topological polar surface area (TPSA) is 18.5 Å². The number of halogens is 1. The van der Waals surface area contributed by atoms with E-state index in [-0.39, 0.29) is 12.1 Å². The van der Waals surface area contributed by atoms with Crippen LogP contribution in [-0.4, -0.2) is 13.2 Å². The molecular formula is C22H33FO2. The van der Waals surface area contributed by atoms with Crippen LogP contribution in [0.2, 0.25) is 0 Å². The first-order valence-corrected chi connectivity index (χ1v) is 10.2. The molecule has 1 saturated carbocycles. The molecule has 1 aromatic rings. The summed E-state index contributed by atoms with van der Waals surface area (Å²) in [5.41, 5.74) is 0.913. The summed E-state index contributed by atoms with van der Waals surface area (Å²) in [4.78, 5) is 0. The van der Waals surface area contributed by atoms with E-state index in [1.165, 1.54) is 69.9 Å². The van der Waals surface area contributed by atoms with E-state index >= 15 is 0 Å². The van der Waals surface area contributed by atoms with Gasteiger partial charge in [0.25, 0.3) is 0 Å². The second-order valence-electron chi connectivity index (χ2n) is 7.94. The molecule has 0 bridgehead atoms. The fourth-order valence-corrected chi connectivity index (χ4v) is 4.41. The third-order valence-corrected chi connectivity index (χ3v) is 6.09. The first kappa shape index (κ1) is 18.8. The zero-order valence-electron chi connectivity index (χ0n) is 15.6. The summed E-state index contributed by atoms with van der Waals surface area (Å²) in [5.74, 6) is 2.01. The molecular weight excluding hydrogens is 315 g/mol. The predicted molar refractivity (Wildman–Crippen MR) is 98.7 cm³/mol. The van der Waals surface area contributed by atoms with Gasteiger partial charge in [0, 0.05) is 11.5 Å². The molecule has 25 heavy (non-hydrogen) atoms. The molecule has 1 heterocycles. The maximum absolute atomic E-state index is 13.0. The van der Waals surface area contributed by atoms with Crippen molar-refractivity contribution in [2.24, 2.45) is 17.8 Å². The molecule has 1 saturated heterocycles. The molecule has 2 aliphatic rings. The van der Waals surface area contributed by atoms with Crippen LogP contribution in [0.5, 0.6) is 0 Å². The van der Waals surface area contributed by atoms with E-state index in [9.17, 15) is 4.39 Å². The van der Waals surface area contributed by atoms with Crippen LogP contribution in [0.3, 0.4) is 0 Å². The van der Waals surface area contributed by atoms with Crippen molar-refractivity contribution in [2.75, 3.05) is 13.2 Å². The van der Waals surface area contributed by atoms with Gasteiger partial charge in [0.1, 0.15) is 5.82 Å². The average Bonchev–Trinajstić information content (AvgIpc) is 2.67. The lowest BCUT2D eigenvalue weighted by Crippen LogP contribution is -2.34. The van der Waals surface area contributed by atoms with E-state index in [0.717, 1.165) is 30.6 Å². The van der Waals surface area contributed by atoms with Gasteiger partial charge in [-0.05, 0) is 36.8 Å². The van der Waals surface area contributed by atoms with Crippen LogP contribution in [0.15, 0.2) is 24.3 Å². The van der Waals surface area contributed by atoms with E-state index in [4.69, 9.17) is 9.47 Å². The summed E-state index contributed by atoms with van der Waals surface area (Å²) in [6.07, 6.45) is 12.1. The zero-order chi connectivity index (χ0) is 17.5. The van der Waals surface area contributed by atoms with Crippen molar-refractivity contribution in [3.05, 3.63) is 35.6 Å². The minimum atomic E-state index is -0.327. The molecule has 1 aromatic carbocycles. The maximum Gasteiger partial charge on any atom is 0.183 e. The molecule has 0 radical (unpaired) electrons. The number of unbranched alkanes of at least 4 members (excludes halogenated alkanes) is 3. The minimum absolute atomic E-state index is 0.219. The molecule has 3 heteroatoms. The molecule has 3 rings (SSSR count). The molecule has 140 valence electrons. The van der Waals surface area contributed by atoms with E-state index in [2.05, 4.69) is 6.92 Å². The zero-order valence-corrected chi connectivity index (χ0v) is 15.6. The van der Waals surface area contributed by atoms with Crippen LogP contribution in [-0.2, 0) is 9.47 Å². The SMILES string of the molecule is CCCCCC[C@H]1CC[C@H](C2COC(c3ccc(F)cc3)OC2)CC1. The number of rotatable bonds is 7. The van der Waals surface area contributed by atoms with Gasteiger partial charge in [-0.2, -0.15) is 0 Å². The number of hydrogen-bond acceptors (Lipinski definition) is 2. The van der Waals surface area contributed by atoms with Crippen LogP contribution in [0.4, 0.5) is 4.39 Å². The van der Waals surface area contributed by atoms with Crippen LogP contribution >= 0.6 is 0 Å². The first-order chi connectivity index (χ1) is 12.3. The Morgan fingerprint density at radius 1 is 0.880 bits per heavy atom. The van der Waals surface area contributed by atoms with E-state index < -0.39 is 0 Å². The summed E-state index contributed by atoms with van der Waals surface area (Å²) in [7, 11) is 0. The standard InChI is InChI=1S/C22H33FO2/c1-2-3-4-5-6-17-7-9-18(10-8-17)20-15-24-22(25-16-20)19-11-13-21(23)14-12-19/h11-14,17-18,20,22H,2-10,15-16H2,1H3/t17-,18-,20?,22?. The van der Waals surface area contributed by atoms with Crippen molar-refractivity contribution >= 4 is 0 Å². The molecule has 0 atom stereocenters. The highest BCUT2D eigenvalue weighted by atomic mass is 19.1. The predicted octanol–water partition coefficient (Wildman–Crippen LogP) is 6.26. The van der Waals surface area contributed by atoms with Gasteiger partial charge in [-0.3, -0.25) is 0 Å². The number of ether oxygens (including phenoxy) is 2. The smallest absolute Gasteiger partial charge is 0.183 e. The van der Waals surface area contributed by atoms with Gasteiger partial charge in [-0.15, -0.1) is 0 Å². The van der Waals surface area contributed by atoms with Crippen LogP contribution < -0.4 is 0 Å². The first-order valence-electron chi connectivity index (χ1n) is 10.2. The summed E-state index contributed by atoms with van der Waals surface area (Å²) in [5, 5.41) is 0. The van der Waals surface area contributed by atoms with Crippen molar-refractivity contribution in [1.82, 2.24) is 0 Å². The lowest BCUT2D eigenvalue weighted by Gasteiger charge is -2.38. The van der Waals surface area contributed by atoms with Gasteiger partial charge in [0.15, 0.2) is 6.29 Å². The average molecular weight is 349 g/mol. The van der Waals surface area contributed by atoms with Gasteiger partial charge in [-0.25, -0.2) is 4.39 Å². The molecule has 0 aromatic heterocycles. The minimum Gasteiger partial charge on any atom is -0.348 e. The molecule has 0 unspecified atom stereocenters. The third-order valence-electron chi connectivity index (χ3n) is 6.09. The van der Waals surface area contributed by atoms with Crippen molar-refractivity contribution < 1.29 is 13.9 Å². The summed E-state index contributed by atoms with van der Waals surface area (Å²) in [6.45, 7) is 3.82. The van der Waals surface area contributed by atoms with Crippen molar-refractivity contribution in [1.29, 1.82) is 0 Å². The third kappa shape index (κ3) is 5.52. The fourth-order valence-electron chi connectivity index (χ4n) is 4.41. The van der Waals surface area contributed by atoms with Crippen molar-refractivity contribution in [2.45, 2.75) is 71.0 Å². The van der Waals surface area contributed by atoms with Crippen LogP contribution in [0.1, 0.15) is 76.6 Å². The van der Waals surface area contributed by atoms with E-state index in [1.54, 1.807) is 12.1 Å². The van der Waals surface area contributed by atoms with Gasteiger partial charge in [0.2, 0.25) is 0 Å². The molecule has 0 N–H and O–H groups in total. The maximum atomic E-state index is 13.0. The molecule has 1 aliphatic carbocycles. The summed E-state index contributed by atoms with van der Waals surface area (Å²) >= 11 is 0. The Labute approximate surface area is 152 Å². The summed E-state index contributed by atoms with van der Waals surface area (Å²) < 4.78 is 24.9. The summed E-state index contributed by atoms with van der Waals surface area (Å²) in [6, 6.07) is 6.44. The second kappa shape index (κ2) is 9.68. The van der Waals surface area contributed by atoms with Gasteiger partial charge in [0.05, 0.1) is 13.2 Å². The van der Waals surface area contributed by atoms with Crippen LogP contribution in [0, 0.1) is 23.6 Å². The van der Waals surface area contributed by atoms with E-state index in [1.807, 2.05) is 0 Å². The Morgan fingerprint density at radius 2 is 1.56 bits per heavy atom. The second-order valence-corrected chi connectivity index (χ2v) is 7.94. The Morgan fingerprint density at radius 3 is 2.20 bits per heavy atom. The Hall–Kier alpha value is -0.930. The molecule has 0 amide bonds. The highest BCUT2D eigenvalue weighted by Crippen LogP contribution is 2.38. The number of benzene rings is 1. The Balaban J connectivity index is 1.37. The lowest BCUT2D eigenvalue weighted by molar-refractivity contribution is -0.214. The largest absolute Gasteiger partial charge is 0.348 e. The lowest BCUT2D eigenvalue weighted by atomic mass is 9.74. The van der Waals surface area contributed by atoms with Crippen molar-refractivity contribution in [3.63, 3.8) is 0 Å². The molecule has 2 nitrogen and oxygen atoms in total. The Kier molecular flexibility index (Phi) is 7.30. The normalized spacial score (nSPS) is 30.3. The van der Waals surface area contributed by atoms with Gasteiger partial charge in [-0.1, -0.05) is 64.0 Å². The number of hydrogen-bond donors (Lipinski definition) is 0. The highest BCUT2D eigenvalue weighted by Gasteiger charge is 2.32.